The van der Waals surface area contributed by atoms with E-state index in [-0.39, 0.29) is 17.0 Å². The van der Waals surface area contributed by atoms with Crippen molar-refractivity contribution in [1.29, 1.82) is 0 Å². The third-order valence-corrected chi connectivity index (χ3v) is 3.19. The molecule has 1 heterocycles. The van der Waals surface area contributed by atoms with Gasteiger partial charge in [-0.15, -0.1) is 0 Å². The lowest BCUT2D eigenvalue weighted by Gasteiger charge is -2.36. The molecule has 2 N–H and O–H groups in total. The highest BCUT2D eigenvalue weighted by atomic mass is 16.5. The van der Waals surface area contributed by atoms with Crippen molar-refractivity contribution in [3.05, 3.63) is 18.0 Å². The molecule has 1 rings (SSSR count). The fraction of sp³-hybridized carbons (Fsp3) is 0.571. The second kappa shape index (κ2) is 7.17. The molecule has 22 heavy (non-hydrogen) atoms. The number of rotatable bonds is 5. The molecule has 0 radical (unpaired) electrons. The minimum absolute atomic E-state index is 0.0109. The van der Waals surface area contributed by atoms with Crippen LogP contribution < -0.4 is 10.4 Å². The molecule has 0 aliphatic carbocycles. The van der Waals surface area contributed by atoms with Crippen molar-refractivity contribution >= 4 is 17.8 Å². The molecule has 0 aliphatic heterocycles. The van der Waals surface area contributed by atoms with Gasteiger partial charge in [-0.05, 0) is 20.8 Å². The first-order valence-corrected chi connectivity index (χ1v) is 6.92. The van der Waals surface area contributed by atoms with Crippen LogP contribution in [0.15, 0.2) is 12.4 Å². The van der Waals surface area contributed by atoms with Gasteiger partial charge in [0.05, 0.1) is 5.56 Å². The van der Waals surface area contributed by atoms with Crippen LogP contribution in [0.2, 0.25) is 0 Å². The first-order valence-electron chi connectivity index (χ1n) is 6.92. The van der Waals surface area contributed by atoms with E-state index in [1.165, 1.54) is 17.9 Å². The summed E-state index contributed by atoms with van der Waals surface area (Å²) in [6, 6.07) is 0. The SMILES string of the molecule is CC(=O)N(CCN(C)c1ncc(C(=O)NO)cn1)C(C)(C)C. The lowest BCUT2D eigenvalue weighted by atomic mass is 10.1. The lowest BCUT2D eigenvalue weighted by molar-refractivity contribution is -0.133. The zero-order chi connectivity index (χ0) is 16.9. The molecule has 1 aromatic heterocycles. The number of nitrogens with one attached hydrogen (secondary N) is 1. The Bertz CT molecular complexity index is 524. The number of amides is 2. The molecule has 0 spiro atoms. The van der Waals surface area contributed by atoms with E-state index in [0.29, 0.717) is 19.0 Å². The van der Waals surface area contributed by atoms with E-state index in [1.807, 2.05) is 27.8 Å². The molecule has 0 bridgehead atoms. The third-order valence-electron chi connectivity index (χ3n) is 3.19. The highest BCUT2D eigenvalue weighted by Crippen LogP contribution is 2.14. The summed E-state index contributed by atoms with van der Waals surface area (Å²) in [5.74, 6) is -0.214. The van der Waals surface area contributed by atoms with Crippen LogP contribution in [0.3, 0.4) is 0 Å². The second-order valence-corrected chi connectivity index (χ2v) is 5.98. The molecule has 0 fully saturated rings. The molecule has 8 nitrogen and oxygen atoms in total. The topological polar surface area (TPSA) is 98.7 Å². The maximum atomic E-state index is 11.7. The maximum absolute atomic E-state index is 11.7. The maximum Gasteiger partial charge on any atom is 0.277 e. The molecule has 0 saturated carbocycles. The Morgan fingerprint density at radius 2 is 1.77 bits per heavy atom. The smallest absolute Gasteiger partial charge is 0.277 e. The van der Waals surface area contributed by atoms with Gasteiger partial charge in [-0.1, -0.05) is 0 Å². The van der Waals surface area contributed by atoms with Crippen LogP contribution >= 0.6 is 0 Å². The predicted molar refractivity (Wildman–Crippen MR) is 81.7 cm³/mol. The van der Waals surface area contributed by atoms with Crippen molar-refractivity contribution in [2.24, 2.45) is 0 Å². The minimum atomic E-state index is -0.662. The van der Waals surface area contributed by atoms with E-state index in [1.54, 1.807) is 16.7 Å². The van der Waals surface area contributed by atoms with Gasteiger partial charge in [0, 0.05) is 45.0 Å². The molecule has 0 aliphatic rings. The van der Waals surface area contributed by atoms with E-state index in [0.717, 1.165) is 0 Å². The Morgan fingerprint density at radius 3 is 2.18 bits per heavy atom. The molecular formula is C14H23N5O3. The molecular weight excluding hydrogens is 286 g/mol. The van der Waals surface area contributed by atoms with E-state index >= 15 is 0 Å². The Morgan fingerprint density at radius 1 is 1.23 bits per heavy atom. The first kappa shape index (κ1) is 17.8. The van der Waals surface area contributed by atoms with Crippen LogP contribution in [0, 0.1) is 0 Å². The minimum Gasteiger partial charge on any atom is -0.342 e. The number of hydrogen-bond acceptors (Lipinski definition) is 6. The summed E-state index contributed by atoms with van der Waals surface area (Å²) in [5, 5.41) is 8.54. The number of hydroxylamine groups is 1. The van der Waals surface area contributed by atoms with Crippen molar-refractivity contribution < 1.29 is 14.8 Å². The molecule has 0 unspecified atom stereocenters. The lowest BCUT2D eigenvalue weighted by Crippen LogP contribution is -2.47. The zero-order valence-corrected chi connectivity index (χ0v) is 13.6. The third kappa shape index (κ3) is 4.66. The Kier molecular flexibility index (Phi) is 5.81. The van der Waals surface area contributed by atoms with Crippen molar-refractivity contribution in [3.8, 4) is 0 Å². The number of anilines is 1. The monoisotopic (exact) mass is 309 g/mol. The standard InChI is InChI=1S/C14H23N5O3/c1-10(20)19(14(2,3)4)7-6-18(5)13-15-8-11(9-16-13)12(21)17-22/h8-9,22H,6-7H2,1-5H3,(H,17,21). The van der Waals surface area contributed by atoms with E-state index in [9.17, 15) is 9.59 Å². The van der Waals surface area contributed by atoms with Crippen molar-refractivity contribution in [1.82, 2.24) is 20.3 Å². The number of carbonyl (C=O) groups excluding carboxylic acids is 2. The first-order chi connectivity index (χ1) is 10.2. The van der Waals surface area contributed by atoms with E-state index in [4.69, 9.17) is 5.21 Å². The van der Waals surface area contributed by atoms with E-state index in [2.05, 4.69) is 9.97 Å². The summed E-state index contributed by atoms with van der Waals surface area (Å²) in [6.45, 7) is 8.58. The van der Waals surface area contributed by atoms with Gasteiger partial charge in [-0.2, -0.15) is 0 Å². The molecule has 0 aromatic carbocycles. The molecule has 2 amide bonds. The molecule has 0 saturated heterocycles. The number of carbonyl (C=O) groups is 2. The number of likely N-dealkylation sites (N-methyl/N-ethyl adjacent to an activating group) is 1. The number of nitrogens with zero attached hydrogens (tertiary/aromatic N) is 4. The van der Waals surface area contributed by atoms with Gasteiger partial charge in [-0.3, -0.25) is 14.8 Å². The highest BCUT2D eigenvalue weighted by molar-refractivity contribution is 5.92. The number of aromatic nitrogens is 2. The average molecular weight is 309 g/mol. The predicted octanol–water partition coefficient (Wildman–Crippen LogP) is 0.679. The van der Waals surface area contributed by atoms with Crippen LogP contribution in [0.4, 0.5) is 5.95 Å². The molecule has 0 atom stereocenters. The van der Waals surface area contributed by atoms with Gasteiger partial charge >= 0.3 is 0 Å². The second-order valence-electron chi connectivity index (χ2n) is 5.98. The summed E-state index contributed by atoms with van der Waals surface area (Å²) in [4.78, 5) is 34.6. The average Bonchev–Trinajstić information content (AvgIpc) is 2.44. The van der Waals surface area contributed by atoms with Crippen LogP contribution in [0.1, 0.15) is 38.1 Å². The van der Waals surface area contributed by atoms with Crippen LogP contribution in [0.5, 0.6) is 0 Å². The van der Waals surface area contributed by atoms with Crippen molar-refractivity contribution in [2.45, 2.75) is 33.2 Å². The largest absolute Gasteiger partial charge is 0.342 e. The Balaban J connectivity index is 2.70. The highest BCUT2D eigenvalue weighted by Gasteiger charge is 2.23. The molecule has 8 heteroatoms. The van der Waals surface area contributed by atoms with Crippen LogP contribution in [-0.2, 0) is 4.79 Å². The van der Waals surface area contributed by atoms with Gasteiger partial charge in [-0.25, -0.2) is 15.4 Å². The van der Waals surface area contributed by atoms with E-state index < -0.39 is 5.91 Å². The van der Waals surface area contributed by atoms with Gasteiger partial charge < -0.3 is 9.80 Å². The van der Waals surface area contributed by atoms with Gasteiger partial charge in [0.25, 0.3) is 5.91 Å². The Hall–Kier alpha value is -2.22. The quantitative estimate of drug-likeness (QED) is 0.613. The summed E-state index contributed by atoms with van der Waals surface area (Å²) in [7, 11) is 1.81. The summed E-state index contributed by atoms with van der Waals surface area (Å²) < 4.78 is 0. The van der Waals surface area contributed by atoms with Gasteiger partial charge in [0.1, 0.15) is 0 Å². The van der Waals surface area contributed by atoms with Crippen LogP contribution in [-0.4, -0.2) is 57.6 Å². The summed E-state index contributed by atoms with van der Waals surface area (Å²) in [6.07, 6.45) is 2.66. The number of hydrogen-bond donors (Lipinski definition) is 2. The normalized spacial score (nSPS) is 11.0. The fourth-order valence-corrected chi connectivity index (χ4v) is 2.02. The molecule has 122 valence electrons. The van der Waals surface area contributed by atoms with Crippen LogP contribution in [0.25, 0.3) is 0 Å². The van der Waals surface area contributed by atoms with Crippen molar-refractivity contribution in [3.63, 3.8) is 0 Å². The molecule has 1 aromatic rings. The zero-order valence-electron chi connectivity index (χ0n) is 13.6. The summed E-state index contributed by atoms with van der Waals surface area (Å²) in [5.41, 5.74) is 1.44. The fourth-order valence-electron chi connectivity index (χ4n) is 2.02. The summed E-state index contributed by atoms with van der Waals surface area (Å²) >= 11 is 0. The Labute approximate surface area is 130 Å². The van der Waals surface area contributed by atoms with Crippen molar-refractivity contribution in [2.75, 3.05) is 25.0 Å². The van der Waals surface area contributed by atoms with Gasteiger partial charge in [0.15, 0.2) is 0 Å². The van der Waals surface area contributed by atoms with Gasteiger partial charge in [0.2, 0.25) is 11.9 Å².